The molecule has 1 rings (SSSR count). The highest BCUT2D eigenvalue weighted by atomic mass is 35.5. The molecule has 100 valence electrons. The third-order valence-electron chi connectivity index (χ3n) is 3.16. The maximum atomic E-state index is 11.9. The normalized spacial score (nSPS) is 11.3. The van der Waals surface area contributed by atoms with E-state index in [9.17, 15) is 4.79 Å². The number of halogens is 1. The van der Waals surface area contributed by atoms with Crippen molar-refractivity contribution in [3.8, 4) is 0 Å². The van der Waals surface area contributed by atoms with Gasteiger partial charge in [-0.25, -0.2) is 4.98 Å². The Morgan fingerprint density at radius 1 is 1.28 bits per heavy atom. The molecular weight excluding hydrogens is 248 g/mol. The molecule has 0 unspecified atom stereocenters. The van der Waals surface area contributed by atoms with Gasteiger partial charge >= 0.3 is 0 Å². The van der Waals surface area contributed by atoms with Crippen molar-refractivity contribution in [1.82, 2.24) is 10.3 Å². The second-order valence-electron chi connectivity index (χ2n) is 5.21. The van der Waals surface area contributed by atoms with Crippen LogP contribution in [0.15, 0.2) is 18.2 Å². The first-order valence-electron chi connectivity index (χ1n) is 6.32. The minimum atomic E-state index is -0.163. The van der Waals surface area contributed by atoms with Crippen LogP contribution in [-0.2, 0) is 0 Å². The number of pyridine rings is 1. The van der Waals surface area contributed by atoms with Gasteiger partial charge in [0.05, 0.1) is 0 Å². The zero-order valence-corrected chi connectivity index (χ0v) is 12.2. The maximum absolute atomic E-state index is 11.9. The highest BCUT2D eigenvalue weighted by Crippen LogP contribution is 2.19. The van der Waals surface area contributed by atoms with E-state index in [0.29, 0.717) is 35.1 Å². The van der Waals surface area contributed by atoms with E-state index in [1.54, 1.807) is 18.2 Å². The molecule has 0 saturated carbocycles. The van der Waals surface area contributed by atoms with Gasteiger partial charge < -0.3 is 5.32 Å². The Labute approximate surface area is 114 Å². The number of nitrogens with one attached hydrogen (secondary N) is 1. The molecule has 0 aliphatic heterocycles. The Kier molecular flexibility index (Phi) is 5.60. The van der Waals surface area contributed by atoms with E-state index in [1.807, 2.05) is 0 Å². The molecule has 1 aromatic rings. The lowest BCUT2D eigenvalue weighted by molar-refractivity contribution is 0.0932. The summed E-state index contributed by atoms with van der Waals surface area (Å²) >= 11 is 5.76. The monoisotopic (exact) mass is 268 g/mol. The van der Waals surface area contributed by atoms with Gasteiger partial charge in [0, 0.05) is 6.54 Å². The molecule has 0 radical (unpaired) electrons. The van der Waals surface area contributed by atoms with E-state index >= 15 is 0 Å². The molecule has 0 aliphatic carbocycles. The van der Waals surface area contributed by atoms with Crippen molar-refractivity contribution >= 4 is 17.5 Å². The summed E-state index contributed by atoms with van der Waals surface area (Å²) < 4.78 is 0. The van der Waals surface area contributed by atoms with Crippen molar-refractivity contribution in [2.75, 3.05) is 6.54 Å². The Morgan fingerprint density at radius 3 is 2.39 bits per heavy atom. The van der Waals surface area contributed by atoms with E-state index in [4.69, 9.17) is 11.6 Å². The lowest BCUT2D eigenvalue weighted by Gasteiger charge is -2.24. The lowest BCUT2D eigenvalue weighted by atomic mass is 9.85. The molecule has 0 aliphatic rings. The Morgan fingerprint density at radius 2 is 1.89 bits per heavy atom. The van der Waals surface area contributed by atoms with E-state index < -0.39 is 0 Å². The van der Waals surface area contributed by atoms with E-state index in [1.165, 1.54) is 0 Å². The molecule has 0 spiro atoms. The number of hydrogen-bond acceptors (Lipinski definition) is 2. The lowest BCUT2D eigenvalue weighted by Crippen LogP contribution is -2.34. The molecule has 0 saturated heterocycles. The standard InChI is InChI=1S/C14H21ClN2O/c1-9(2)11(10(3)4)8-16-14(18)12-6-5-7-13(15)17-12/h5-7,9-11H,8H2,1-4H3,(H,16,18). The van der Waals surface area contributed by atoms with Gasteiger partial charge in [0.2, 0.25) is 0 Å². The molecule has 0 bridgehead atoms. The molecule has 1 amide bonds. The summed E-state index contributed by atoms with van der Waals surface area (Å²) in [5.74, 6) is 1.38. The van der Waals surface area contributed by atoms with E-state index in [-0.39, 0.29) is 5.91 Å². The molecule has 1 heterocycles. The summed E-state index contributed by atoms with van der Waals surface area (Å²) in [6.07, 6.45) is 0. The maximum Gasteiger partial charge on any atom is 0.269 e. The van der Waals surface area contributed by atoms with E-state index in [0.717, 1.165) is 0 Å². The average molecular weight is 269 g/mol. The zero-order chi connectivity index (χ0) is 13.7. The van der Waals surface area contributed by atoms with Crippen LogP contribution in [0.4, 0.5) is 0 Å². The quantitative estimate of drug-likeness (QED) is 0.832. The van der Waals surface area contributed by atoms with E-state index in [2.05, 4.69) is 38.0 Å². The number of hydrogen-bond donors (Lipinski definition) is 1. The Hall–Kier alpha value is -1.09. The van der Waals surface area contributed by atoms with Crippen molar-refractivity contribution in [2.45, 2.75) is 27.7 Å². The number of rotatable bonds is 5. The summed E-state index contributed by atoms with van der Waals surface area (Å²) in [5.41, 5.74) is 0.369. The molecule has 4 heteroatoms. The molecule has 0 aromatic carbocycles. The van der Waals surface area contributed by atoms with Gasteiger partial charge in [-0.05, 0) is 29.9 Å². The fourth-order valence-electron chi connectivity index (χ4n) is 2.08. The van der Waals surface area contributed by atoms with Gasteiger partial charge in [-0.3, -0.25) is 4.79 Å². The summed E-state index contributed by atoms with van der Waals surface area (Å²) in [7, 11) is 0. The van der Waals surface area contributed by atoms with Gasteiger partial charge in [-0.1, -0.05) is 45.4 Å². The Bertz CT molecular complexity index is 397. The van der Waals surface area contributed by atoms with Crippen LogP contribution in [0.5, 0.6) is 0 Å². The first-order chi connectivity index (χ1) is 8.41. The average Bonchev–Trinajstić information content (AvgIpc) is 2.28. The highest BCUT2D eigenvalue weighted by molar-refractivity contribution is 6.29. The number of carbonyl (C=O) groups is 1. The van der Waals surface area contributed by atoms with Crippen molar-refractivity contribution in [1.29, 1.82) is 0 Å². The minimum absolute atomic E-state index is 0.163. The van der Waals surface area contributed by atoms with Crippen LogP contribution in [-0.4, -0.2) is 17.4 Å². The molecule has 1 N–H and O–H groups in total. The Balaban J connectivity index is 2.60. The summed E-state index contributed by atoms with van der Waals surface area (Å²) in [4.78, 5) is 15.9. The van der Waals surface area contributed by atoms with Crippen LogP contribution >= 0.6 is 11.6 Å². The second kappa shape index (κ2) is 6.74. The minimum Gasteiger partial charge on any atom is -0.350 e. The van der Waals surface area contributed by atoms with Crippen LogP contribution in [0.2, 0.25) is 5.15 Å². The first kappa shape index (κ1) is 15.0. The van der Waals surface area contributed by atoms with Gasteiger partial charge in [0.1, 0.15) is 10.8 Å². The van der Waals surface area contributed by atoms with Gasteiger partial charge in [0.25, 0.3) is 5.91 Å². The molecule has 1 aromatic heterocycles. The van der Waals surface area contributed by atoms with Crippen LogP contribution in [0, 0.1) is 17.8 Å². The van der Waals surface area contributed by atoms with Gasteiger partial charge in [-0.2, -0.15) is 0 Å². The van der Waals surface area contributed by atoms with Crippen molar-refractivity contribution < 1.29 is 4.79 Å². The van der Waals surface area contributed by atoms with Crippen LogP contribution in [0.25, 0.3) is 0 Å². The van der Waals surface area contributed by atoms with Crippen molar-refractivity contribution in [3.63, 3.8) is 0 Å². The second-order valence-corrected chi connectivity index (χ2v) is 5.59. The molecule has 18 heavy (non-hydrogen) atoms. The SMILES string of the molecule is CC(C)C(CNC(=O)c1cccc(Cl)n1)C(C)C. The molecule has 3 nitrogen and oxygen atoms in total. The number of nitrogens with zero attached hydrogens (tertiary/aromatic N) is 1. The predicted octanol–water partition coefficient (Wildman–Crippen LogP) is 3.39. The fourth-order valence-corrected chi connectivity index (χ4v) is 2.24. The van der Waals surface area contributed by atoms with Crippen molar-refractivity contribution in [3.05, 3.63) is 29.0 Å². The van der Waals surface area contributed by atoms with Crippen LogP contribution in [0.3, 0.4) is 0 Å². The largest absolute Gasteiger partial charge is 0.350 e. The summed E-state index contributed by atoms with van der Waals surface area (Å²) in [6, 6.07) is 5.05. The number of amides is 1. The molecular formula is C14H21ClN2O. The third-order valence-corrected chi connectivity index (χ3v) is 3.37. The van der Waals surface area contributed by atoms with Gasteiger partial charge in [-0.15, -0.1) is 0 Å². The summed E-state index contributed by atoms with van der Waals surface area (Å²) in [5, 5.41) is 3.27. The number of aromatic nitrogens is 1. The zero-order valence-electron chi connectivity index (χ0n) is 11.4. The first-order valence-corrected chi connectivity index (χ1v) is 6.70. The van der Waals surface area contributed by atoms with Gasteiger partial charge in [0.15, 0.2) is 0 Å². The van der Waals surface area contributed by atoms with Crippen LogP contribution in [0.1, 0.15) is 38.2 Å². The topological polar surface area (TPSA) is 42.0 Å². The molecule has 0 fully saturated rings. The number of carbonyl (C=O) groups excluding carboxylic acids is 1. The van der Waals surface area contributed by atoms with Crippen molar-refractivity contribution in [2.24, 2.45) is 17.8 Å². The van der Waals surface area contributed by atoms with Crippen LogP contribution < -0.4 is 5.32 Å². The fraction of sp³-hybridized carbons (Fsp3) is 0.571. The third kappa shape index (κ3) is 4.30. The summed E-state index contributed by atoms with van der Waals surface area (Å²) in [6.45, 7) is 9.37. The molecule has 0 atom stereocenters. The smallest absolute Gasteiger partial charge is 0.269 e. The predicted molar refractivity (Wildman–Crippen MR) is 74.7 cm³/mol. The highest BCUT2D eigenvalue weighted by Gasteiger charge is 2.18.